The van der Waals surface area contributed by atoms with Crippen LogP contribution < -0.4 is 5.32 Å². The Balaban J connectivity index is 0.920. The summed E-state index contributed by atoms with van der Waals surface area (Å²) in [5, 5.41) is 15.6. The number of rotatable bonds is 8. The second-order valence-corrected chi connectivity index (χ2v) is 20.2. The number of hydrogen-bond acceptors (Lipinski definition) is 5. The van der Waals surface area contributed by atoms with Crippen molar-refractivity contribution >= 4 is 11.9 Å². The molecule has 1 aromatic carbocycles. The van der Waals surface area contributed by atoms with Gasteiger partial charge in [0.2, 0.25) is 5.91 Å². The highest BCUT2D eigenvalue weighted by molar-refractivity contribution is 5.73. The van der Waals surface area contributed by atoms with Crippen molar-refractivity contribution in [2.24, 2.45) is 51.8 Å². The number of carbonyl (C=O) groups is 2. The molecule has 8 rings (SSSR count). The molecule has 1 aromatic rings. The van der Waals surface area contributed by atoms with Gasteiger partial charge in [0.1, 0.15) is 6.61 Å². The minimum atomic E-state index is -0.648. The zero-order valence-electron chi connectivity index (χ0n) is 34.3. The maximum atomic E-state index is 13.0. The number of allylic oxidation sites excluding steroid dienone is 4. The summed E-state index contributed by atoms with van der Waals surface area (Å²) in [6, 6.07) is 10.0. The molecule has 4 saturated carbocycles. The molecule has 6 heteroatoms. The fourth-order valence-corrected chi connectivity index (χ4v) is 14.7. The van der Waals surface area contributed by atoms with Crippen LogP contribution in [-0.4, -0.2) is 52.7 Å². The quantitative estimate of drug-likeness (QED) is 0.260. The van der Waals surface area contributed by atoms with Crippen LogP contribution in [0.1, 0.15) is 143 Å². The summed E-state index contributed by atoms with van der Waals surface area (Å²) in [5.74, 6) is 3.61. The third-order valence-electron chi connectivity index (χ3n) is 18.1. The van der Waals surface area contributed by atoms with Crippen LogP contribution in [0.2, 0.25) is 0 Å². The number of ether oxygens (including phenoxy) is 1. The first-order valence-electron chi connectivity index (χ1n) is 22.1. The molecule has 296 valence electrons. The van der Waals surface area contributed by atoms with E-state index in [1.54, 1.807) is 12.5 Å². The zero-order chi connectivity index (χ0) is 37.9. The summed E-state index contributed by atoms with van der Waals surface area (Å²) < 4.78 is 5.73. The van der Waals surface area contributed by atoms with Gasteiger partial charge in [0.15, 0.2) is 0 Å². The molecule has 2 N–H and O–H groups in total. The lowest BCUT2D eigenvalue weighted by molar-refractivity contribution is -0.212. The van der Waals surface area contributed by atoms with E-state index in [-0.39, 0.29) is 23.3 Å². The molecule has 5 fully saturated rings. The van der Waals surface area contributed by atoms with Gasteiger partial charge in [-0.3, -0.25) is 9.59 Å². The molecule has 7 aliphatic rings. The van der Waals surface area contributed by atoms with E-state index in [9.17, 15) is 14.7 Å². The molecule has 0 spiro atoms. The molecule has 8 unspecified atom stereocenters. The average Bonchev–Trinajstić information content (AvgIpc) is 3.59. The van der Waals surface area contributed by atoms with Gasteiger partial charge in [-0.2, -0.15) is 0 Å². The highest BCUT2D eigenvalue weighted by atomic mass is 16.5. The van der Waals surface area contributed by atoms with Crippen LogP contribution in [0.4, 0.5) is 0 Å². The van der Waals surface area contributed by atoms with E-state index in [0.29, 0.717) is 60.6 Å². The highest BCUT2D eigenvalue weighted by Crippen LogP contribution is 2.75. The Morgan fingerprint density at radius 3 is 2.37 bits per heavy atom. The number of fused-ring (bicyclic) bond motifs is 7. The summed E-state index contributed by atoms with van der Waals surface area (Å²) in [6.45, 7) is 15.0. The molecular formula is C48H70N2O4. The van der Waals surface area contributed by atoms with E-state index in [1.165, 1.54) is 69.8 Å². The molecule has 1 aliphatic heterocycles. The monoisotopic (exact) mass is 739 g/mol. The number of esters is 1. The first-order valence-corrected chi connectivity index (χ1v) is 22.1. The summed E-state index contributed by atoms with van der Waals surface area (Å²) in [7, 11) is 0. The van der Waals surface area contributed by atoms with Crippen LogP contribution in [0.3, 0.4) is 0 Å². The van der Waals surface area contributed by atoms with Crippen LogP contribution in [0, 0.1) is 51.8 Å². The Hall–Kier alpha value is -2.44. The van der Waals surface area contributed by atoms with Gasteiger partial charge in [0, 0.05) is 25.6 Å². The lowest BCUT2D eigenvalue weighted by atomic mass is 9.34. The molecule has 54 heavy (non-hydrogen) atoms. The fourth-order valence-electron chi connectivity index (χ4n) is 14.7. The summed E-state index contributed by atoms with van der Waals surface area (Å²) >= 11 is 0. The van der Waals surface area contributed by atoms with Gasteiger partial charge >= 0.3 is 5.97 Å². The number of aliphatic hydroxyl groups is 1. The van der Waals surface area contributed by atoms with E-state index >= 15 is 0 Å². The van der Waals surface area contributed by atoms with Gasteiger partial charge in [0.05, 0.1) is 11.5 Å². The van der Waals surface area contributed by atoms with E-state index < -0.39 is 5.60 Å². The molecular weight excluding hydrogens is 669 g/mol. The Labute approximate surface area is 326 Å². The van der Waals surface area contributed by atoms with E-state index in [4.69, 9.17) is 4.74 Å². The molecule has 1 heterocycles. The topological polar surface area (TPSA) is 78.9 Å². The molecule has 1 amide bonds. The lowest BCUT2D eigenvalue weighted by Crippen LogP contribution is -2.67. The average molecular weight is 739 g/mol. The third-order valence-corrected chi connectivity index (χ3v) is 18.1. The number of likely N-dealkylation sites (tertiary alicyclic amines) is 1. The maximum absolute atomic E-state index is 13.0. The number of benzene rings is 1. The van der Waals surface area contributed by atoms with Gasteiger partial charge < -0.3 is 20.1 Å². The highest BCUT2D eigenvalue weighted by Gasteiger charge is 2.68. The Morgan fingerprint density at radius 2 is 1.65 bits per heavy atom. The standard InChI is InChI=1S/C48H70N2O4/c1-33-38(36-13-15-37(16-14-36)43(52)54-32-35-10-7-6-8-11-35)19-22-44(3)39(33)20-23-46(5)42(44)18-17-40-41-12-9-21-48(41,25-24-45(40,46)4)49-29-26-47(53)27-30-50(31-28-47)34(2)51/h6-8,10-11,13,19,33,37,39-42,49,53H,9,12,14-18,20-32H2,1-5H3/t33?,37?,39?,40?,41-,42?,44?,45-,46?,48?/m1/s1. The fraction of sp³-hybridized carbons (Fsp3) is 0.750. The van der Waals surface area contributed by atoms with Gasteiger partial charge in [-0.25, -0.2) is 0 Å². The van der Waals surface area contributed by atoms with Crippen molar-refractivity contribution < 1.29 is 19.4 Å². The van der Waals surface area contributed by atoms with Crippen molar-refractivity contribution in [3.8, 4) is 0 Å². The zero-order valence-corrected chi connectivity index (χ0v) is 34.3. The number of nitrogens with zero attached hydrogens (tertiary/aromatic N) is 1. The third kappa shape index (κ3) is 6.45. The summed E-state index contributed by atoms with van der Waals surface area (Å²) in [4.78, 5) is 26.7. The number of hydrogen-bond donors (Lipinski definition) is 2. The molecule has 10 atom stereocenters. The van der Waals surface area contributed by atoms with Gasteiger partial charge in [-0.15, -0.1) is 0 Å². The second-order valence-electron chi connectivity index (χ2n) is 20.2. The number of piperidine rings is 1. The minimum Gasteiger partial charge on any atom is -0.461 e. The van der Waals surface area contributed by atoms with E-state index in [0.717, 1.165) is 55.5 Å². The molecule has 0 radical (unpaired) electrons. The van der Waals surface area contributed by atoms with Crippen molar-refractivity contribution in [1.82, 2.24) is 10.2 Å². The molecule has 6 nitrogen and oxygen atoms in total. The molecule has 1 saturated heterocycles. The van der Waals surface area contributed by atoms with E-state index in [2.05, 4.69) is 45.2 Å². The Morgan fingerprint density at radius 1 is 0.870 bits per heavy atom. The SMILES string of the molecule is CC(=O)N1CCC(O)(CCNC23CCC[C@@H]2C2CCC4C5(C)CC=C(C6=CCC(C(=O)OCc7ccccc7)CC6)C(C)C5CCC4(C)[C@]2(C)CC3)CC1. The predicted molar refractivity (Wildman–Crippen MR) is 215 cm³/mol. The van der Waals surface area contributed by atoms with Crippen molar-refractivity contribution in [3.05, 3.63) is 59.2 Å². The maximum Gasteiger partial charge on any atom is 0.309 e. The van der Waals surface area contributed by atoms with Crippen molar-refractivity contribution in [2.75, 3.05) is 19.6 Å². The number of nitrogens with one attached hydrogen (secondary N) is 1. The van der Waals surface area contributed by atoms with Crippen LogP contribution in [-0.2, 0) is 20.9 Å². The molecule has 0 aromatic heterocycles. The summed E-state index contributed by atoms with van der Waals surface area (Å²) in [6.07, 6.45) is 23.1. The smallest absolute Gasteiger partial charge is 0.309 e. The largest absolute Gasteiger partial charge is 0.461 e. The molecule has 0 bridgehead atoms. The second kappa shape index (κ2) is 14.5. The van der Waals surface area contributed by atoms with Crippen LogP contribution in [0.15, 0.2) is 53.6 Å². The van der Waals surface area contributed by atoms with Crippen molar-refractivity contribution in [1.29, 1.82) is 0 Å². The normalized spacial score (nSPS) is 41.3. The molecule has 6 aliphatic carbocycles. The van der Waals surface area contributed by atoms with Gasteiger partial charge in [-0.1, -0.05) is 76.6 Å². The van der Waals surface area contributed by atoms with Crippen LogP contribution in [0.25, 0.3) is 0 Å². The predicted octanol–water partition coefficient (Wildman–Crippen LogP) is 9.56. The Bertz CT molecular complexity index is 1630. The van der Waals surface area contributed by atoms with E-state index in [1.807, 2.05) is 35.2 Å². The number of amides is 1. The Kier molecular flexibility index (Phi) is 10.3. The summed E-state index contributed by atoms with van der Waals surface area (Å²) in [5.41, 5.74) is 4.78. The van der Waals surface area contributed by atoms with Crippen LogP contribution >= 0.6 is 0 Å². The first-order chi connectivity index (χ1) is 25.8. The lowest BCUT2D eigenvalue weighted by Gasteiger charge is -2.71. The number of carbonyl (C=O) groups excluding carboxylic acids is 2. The van der Waals surface area contributed by atoms with Gasteiger partial charge in [0.25, 0.3) is 0 Å². The van der Waals surface area contributed by atoms with Gasteiger partial charge in [-0.05, 0) is 165 Å². The van der Waals surface area contributed by atoms with Crippen LogP contribution in [0.5, 0.6) is 0 Å². The first kappa shape index (κ1) is 38.4. The van der Waals surface area contributed by atoms with Crippen molar-refractivity contribution in [2.45, 2.75) is 155 Å². The van der Waals surface area contributed by atoms with Crippen molar-refractivity contribution in [3.63, 3.8) is 0 Å². The minimum absolute atomic E-state index is 0.0267.